The standard InChI is InChI=1S/C21H18BrClN4O4/c1-2-30-19-11-15(12-25-26-21-18(27(28)29)4-3-9-24-21)10-17(23)20(19)31-13-14-5-7-16(22)8-6-14/h3-12H,2,13H2,1H3,(H,24,26)/b25-12-. The molecule has 0 aliphatic carbocycles. The predicted molar refractivity (Wildman–Crippen MR) is 123 cm³/mol. The highest BCUT2D eigenvalue weighted by molar-refractivity contribution is 9.10. The summed E-state index contributed by atoms with van der Waals surface area (Å²) in [4.78, 5) is 14.5. The van der Waals surface area contributed by atoms with E-state index in [1.54, 1.807) is 12.1 Å². The van der Waals surface area contributed by atoms with Crippen molar-refractivity contribution in [1.82, 2.24) is 4.98 Å². The molecule has 2 aromatic carbocycles. The van der Waals surface area contributed by atoms with Gasteiger partial charge >= 0.3 is 5.69 Å². The molecule has 3 rings (SSSR count). The molecule has 0 unspecified atom stereocenters. The van der Waals surface area contributed by atoms with Crippen molar-refractivity contribution >= 4 is 45.3 Å². The van der Waals surface area contributed by atoms with E-state index in [1.807, 2.05) is 31.2 Å². The number of ether oxygens (including phenoxy) is 2. The summed E-state index contributed by atoms with van der Waals surface area (Å²) in [5, 5.41) is 15.4. The lowest BCUT2D eigenvalue weighted by Gasteiger charge is -2.14. The Kier molecular flexibility index (Phi) is 7.80. The summed E-state index contributed by atoms with van der Waals surface area (Å²) in [6.45, 7) is 2.60. The van der Waals surface area contributed by atoms with Crippen LogP contribution in [0.4, 0.5) is 11.5 Å². The van der Waals surface area contributed by atoms with Crippen LogP contribution in [0.2, 0.25) is 5.02 Å². The van der Waals surface area contributed by atoms with Crippen LogP contribution in [0.3, 0.4) is 0 Å². The summed E-state index contributed by atoms with van der Waals surface area (Å²) in [6.07, 6.45) is 2.90. The molecule has 0 aliphatic heterocycles. The van der Waals surface area contributed by atoms with Gasteiger partial charge in [-0.15, -0.1) is 0 Å². The Bertz CT molecular complexity index is 1090. The molecule has 0 fully saturated rings. The van der Waals surface area contributed by atoms with Crippen LogP contribution < -0.4 is 14.9 Å². The third kappa shape index (κ3) is 6.16. The summed E-state index contributed by atoms with van der Waals surface area (Å²) in [5.41, 5.74) is 4.00. The van der Waals surface area contributed by atoms with Gasteiger partial charge in [0.1, 0.15) is 6.61 Å². The second-order valence-electron chi connectivity index (χ2n) is 6.18. The van der Waals surface area contributed by atoms with Crippen molar-refractivity contribution in [3.8, 4) is 11.5 Å². The Morgan fingerprint density at radius 2 is 2.03 bits per heavy atom. The van der Waals surface area contributed by atoms with Crippen molar-refractivity contribution in [2.45, 2.75) is 13.5 Å². The molecule has 0 spiro atoms. The van der Waals surface area contributed by atoms with Crippen molar-refractivity contribution in [3.05, 3.63) is 85.5 Å². The number of benzene rings is 2. The minimum Gasteiger partial charge on any atom is -0.490 e. The number of hydrogen-bond acceptors (Lipinski definition) is 7. The van der Waals surface area contributed by atoms with Gasteiger partial charge in [0, 0.05) is 16.7 Å². The fourth-order valence-electron chi connectivity index (χ4n) is 2.60. The molecule has 0 bridgehead atoms. The lowest BCUT2D eigenvalue weighted by Crippen LogP contribution is -2.02. The Morgan fingerprint density at radius 1 is 1.26 bits per heavy atom. The minimum absolute atomic E-state index is 0.0364. The van der Waals surface area contributed by atoms with E-state index in [9.17, 15) is 10.1 Å². The highest BCUT2D eigenvalue weighted by Crippen LogP contribution is 2.37. The van der Waals surface area contributed by atoms with E-state index < -0.39 is 4.92 Å². The summed E-state index contributed by atoms with van der Waals surface area (Å²) < 4.78 is 12.6. The number of halogens is 2. The van der Waals surface area contributed by atoms with Crippen LogP contribution in [-0.4, -0.2) is 22.7 Å². The third-order valence-electron chi connectivity index (χ3n) is 4.00. The van der Waals surface area contributed by atoms with E-state index in [-0.39, 0.29) is 11.5 Å². The van der Waals surface area contributed by atoms with Crippen LogP contribution in [0.1, 0.15) is 18.1 Å². The molecule has 10 heteroatoms. The SMILES string of the molecule is CCOc1cc(/C=N\Nc2ncccc2[N+](=O)[O-])cc(Cl)c1OCc1ccc(Br)cc1. The van der Waals surface area contributed by atoms with Crippen molar-refractivity contribution in [1.29, 1.82) is 0 Å². The Morgan fingerprint density at radius 3 is 2.74 bits per heavy atom. The molecular weight excluding hydrogens is 488 g/mol. The molecule has 0 saturated heterocycles. The number of hydrazone groups is 1. The molecular formula is C21H18BrClN4O4. The van der Waals surface area contributed by atoms with E-state index in [0.717, 1.165) is 10.0 Å². The number of nitrogens with zero attached hydrogens (tertiary/aromatic N) is 3. The fourth-order valence-corrected chi connectivity index (χ4v) is 3.14. The van der Waals surface area contributed by atoms with Crippen LogP contribution in [0.25, 0.3) is 0 Å². The highest BCUT2D eigenvalue weighted by atomic mass is 79.9. The minimum atomic E-state index is -0.535. The number of anilines is 1. The Labute approximate surface area is 192 Å². The van der Waals surface area contributed by atoms with Gasteiger partial charge in [0.05, 0.1) is 22.8 Å². The number of nitrogens with one attached hydrogen (secondary N) is 1. The maximum Gasteiger partial charge on any atom is 0.313 e. The van der Waals surface area contributed by atoms with E-state index in [0.29, 0.717) is 35.3 Å². The number of rotatable bonds is 9. The van der Waals surface area contributed by atoms with Crippen molar-refractivity contribution in [2.75, 3.05) is 12.0 Å². The normalized spacial score (nSPS) is 10.8. The number of hydrogen-bond donors (Lipinski definition) is 1. The molecule has 0 amide bonds. The summed E-state index contributed by atoms with van der Waals surface area (Å²) >= 11 is 9.83. The topological polar surface area (TPSA) is 98.9 Å². The number of aromatic nitrogens is 1. The molecule has 3 aromatic rings. The highest BCUT2D eigenvalue weighted by Gasteiger charge is 2.14. The number of pyridine rings is 1. The van der Waals surface area contributed by atoms with Crippen LogP contribution in [0.15, 0.2) is 64.3 Å². The first kappa shape index (κ1) is 22.5. The Hall–Kier alpha value is -3.17. The van der Waals surface area contributed by atoms with Gasteiger partial charge in [-0.3, -0.25) is 15.5 Å². The first-order valence-corrected chi connectivity index (χ1v) is 10.4. The van der Waals surface area contributed by atoms with E-state index in [2.05, 4.69) is 31.4 Å². The summed E-state index contributed by atoms with van der Waals surface area (Å²) in [7, 11) is 0. The zero-order valence-corrected chi connectivity index (χ0v) is 18.8. The number of nitro groups is 1. The van der Waals surface area contributed by atoms with E-state index >= 15 is 0 Å². The molecule has 31 heavy (non-hydrogen) atoms. The zero-order valence-electron chi connectivity index (χ0n) is 16.4. The summed E-state index contributed by atoms with van der Waals surface area (Å²) in [6, 6.07) is 14.0. The molecule has 8 nitrogen and oxygen atoms in total. The third-order valence-corrected chi connectivity index (χ3v) is 4.80. The van der Waals surface area contributed by atoms with Gasteiger partial charge in [0.25, 0.3) is 0 Å². The van der Waals surface area contributed by atoms with Crippen LogP contribution in [0, 0.1) is 10.1 Å². The first-order chi connectivity index (χ1) is 15.0. The van der Waals surface area contributed by atoms with Crippen LogP contribution in [-0.2, 0) is 6.61 Å². The lowest BCUT2D eigenvalue weighted by molar-refractivity contribution is -0.384. The predicted octanol–water partition coefficient (Wildman–Crippen LogP) is 5.83. The largest absolute Gasteiger partial charge is 0.490 e. The van der Waals surface area contributed by atoms with Gasteiger partial charge in [-0.1, -0.05) is 39.7 Å². The molecule has 1 N–H and O–H groups in total. The monoisotopic (exact) mass is 504 g/mol. The molecule has 0 aliphatic rings. The van der Waals surface area contributed by atoms with Crippen LogP contribution >= 0.6 is 27.5 Å². The molecule has 1 aromatic heterocycles. The van der Waals surface area contributed by atoms with Crippen molar-refractivity contribution in [2.24, 2.45) is 5.10 Å². The Balaban J connectivity index is 1.77. The smallest absolute Gasteiger partial charge is 0.313 e. The average Bonchev–Trinajstić information content (AvgIpc) is 2.75. The molecule has 0 atom stereocenters. The maximum absolute atomic E-state index is 11.1. The van der Waals surface area contributed by atoms with Crippen molar-refractivity contribution in [3.63, 3.8) is 0 Å². The van der Waals surface area contributed by atoms with Gasteiger partial charge in [-0.25, -0.2) is 4.98 Å². The lowest BCUT2D eigenvalue weighted by atomic mass is 10.2. The second-order valence-corrected chi connectivity index (χ2v) is 7.50. The fraction of sp³-hybridized carbons (Fsp3) is 0.143. The van der Waals surface area contributed by atoms with Crippen molar-refractivity contribution < 1.29 is 14.4 Å². The maximum atomic E-state index is 11.1. The van der Waals surface area contributed by atoms with Gasteiger partial charge in [-0.2, -0.15) is 5.10 Å². The zero-order chi connectivity index (χ0) is 22.2. The van der Waals surface area contributed by atoms with Gasteiger partial charge < -0.3 is 9.47 Å². The molecule has 0 radical (unpaired) electrons. The quantitative estimate of drug-likeness (QED) is 0.223. The molecule has 1 heterocycles. The molecule has 160 valence electrons. The van der Waals surface area contributed by atoms with Gasteiger partial charge in [-0.05, 0) is 48.4 Å². The van der Waals surface area contributed by atoms with Crippen LogP contribution in [0.5, 0.6) is 11.5 Å². The van der Waals surface area contributed by atoms with E-state index in [1.165, 1.54) is 24.5 Å². The van der Waals surface area contributed by atoms with E-state index in [4.69, 9.17) is 21.1 Å². The first-order valence-electron chi connectivity index (χ1n) is 9.20. The second kappa shape index (κ2) is 10.7. The van der Waals surface area contributed by atoms with Gasteiger partial charge in [0.2, 0.25) is 5.82 Å². The van der Waals surface area contributed by atoms with Gasteiger partial charge in [0.15, 0.2) is 11.5 Å². The summed E-state index contributed by atoms with van der Waals surface area (Å²) in [5.74, 6) is 0.934. The average molecular weight is 506 g/mol. The molecule has 0 saturated carbocycles.